The summed E-state index contributed by atoms with van der Waals surface area (Å²) in [6, 6.07) is 4.84. The predicted molar refractivity (Wildman–Crippen MR) is 78.3 cm³/mol. The molecule has 2 aromatic rings. The van der Waals surface area contributed by atoms with Gasteiger partial charge in [-0.25, -0.2) is 4.79 Å². The Bertz CT molecular complexity index is 760. The highest BCUT2D eigenvalue weighted by atomic mass is 16.6. The molecule has 1 N–H and O–H groups in total. The second-order valence-electron chi connectivity index (χ2n) is 5.11. The van der Waals surface area contributed by atoms with Gasteiger partial charge in [0, 0.05) is 28.7 Å². The van der Waals surface area contributed by atoms with E-state index in [2.05, 4.69) is 0 Å². The van der Waals surface area contributed by atoms with E-state index in [9.17, 15) is 20.0 Å². The zero-order valence-electron chi connectivity index (χ0n) is 12.3. The van der Waals surface area contributed by atoms with E-state index in [0.717, 1.165) is 16.9 Å². The van der Waals surface area contributed by atoms with Crippen LogP contribution in [0, 0.1) is 37.8 Å². The lowest BCUT2D eigenvalue weighted by atomic mass is 10.1. The Morgan fingerprint density at radius 2 is 1.76 bits per heavy atom. The third kappa shape index (κ3) is 2.40. The SMILES string of the molecule is Cc1cc([N+](=O)[O-])c(C)cc1-n1c(C)cc(C(=O)O)c1C. The van der Waals surface area contributed by atoms with Crippen molar-refractivity contribution in [2.45, 2.75) is 27.7 Å². The fourth-order valence-corrected chi connectivity index (χ4v) is 2.57. The number of benzene rings is 1. The number of carboxylic acid groups (broad SMARTS) is 1. The van der Waals surface area contributed by atoms with Crippen LogP contribution in [-0.4, -0.2) is 20.6 Å². The van der Waals surface area contributed by atoms with Crippen LogP contribution in [0.4, 0.5) is 5.69 Å². The molecule has 0 saturated carbocycles. The second-order valence-corrected chi connectivity index (χ2v) is 5.11. The lowest BCUT2D eigenvalue weighted by Gasteiger charge is -2.14. The van der Waals surface area contributed by atoms with Crippen LogP contribution in [0.3, 0.4) is 0 Å². The highest BCUT2D eigenvalue weighted by Crippen LogP contribution is 2.28. The average molecular weight is 288 g/mol. The molecule has 0 atom stereocenters. The molecule has 21 heavy (non-hydrogen) atoms. The topological polar surface area (TPSA) is 85.4 Å². The number of rotatable bonds is 3. The Labute approximate surface area is 121 Å². The Kier molecular flexibility index (Phi) is 3.55. The Morgan fingerprint density at radius 1 is 1.14 bits per heavy atom. The summed E-state index contributed by atoms with van der Waals surface area (Å²) >= 11 is 0. The molecule has 0 amide bonds. The molecular weight excluding hydrogens is 272 g/mol. The Morgan fingerprint density at radius 3 is 2.24 bits per heavy atom. The molecule has 0 saturated heterocycles. The van der Waals surface area contributed by atoms with Gasteiger partial charge >= 0.3 is 5.97 Å². The molecule has 0 radical (unpaired) electrons. The van der Waals surface area contributed by atoms with Crippen molar-refractivity contribution in [3.63, 3.8) is 0 Å². The van der Waals surface area contributed by atoms with Crippen molar-refractivity contribution in [3.8, 4) is 5.69 Å². The quantitative estimate of drug-likeness (QED) is 0.693. The van der Waals surface area contributed by atoms with E-state index in [4.69, 9.17) is 0 Å². The first-order valence-electron chi connectivity index (χ1n) is 6.42. The predicted octanol–water partition coefficient (Wildman–Crippen LogP) is 3.32. The molecule has 1 aromatic heterocycles. The summed E-state index contributed by atoms with van der Waals surface area (Å²) in [7, 11) is 0. The largest absolute Gasteiger partial charge is 0.478 e. The molecule has 6 nitrogen and oxygen atoms in total. The van der Waals surface area contributed by atoms with E-state index in [1.54, 1.807) is 32.9 Å². The van der Waals surface area contributed by atoms with Crippen LogP contribution < -0.4 is 0 Å². The van der Waals surface area contributed by atoms with Gasteiger partial charge in [-0.3, -0.25) is 10.1 Å². The molecule has 0 aliphatic carbocycles. The van der Waals surface area contributed by atoms with E-state index in [1.165, 1.54) is 6.07 Å². The van der Waals surface area contributed by atoms with Crippen LogP contribution >= 0.6 is 0 Å². The van der Waals surface area contributed by atoms with Crippen LogP contribution in [0.25, 0.3) is 5.69 Å². The number of hydrogen-bond donors (Lipinski definition) is 1. The molecule has 0 spiro atoms. The number of nitrogens with zero attached hydrogens (tertiary/aromatic N) is 2. The molecule has 1 aromatic carbocycles. The van der Waals surface area contributed by atoms with Gasteiger partial charge in [-0.2, -0.15) is 0 Å². The van der Waals surface area contributed by atoms with Gasteiger partial charge in [0.05, 0.1) is 10.5 Å². The zero-order chi connectivity index (χ0) is 15.9. The zero-order valence-corrected chi connectivity index (χ0v) is 12.3. The minimum Gasteiger partial charge on any atom is -0.478 e. The van der Waals surface area contributed by atoms with Crippen LogP contribution in [0.1, 0.15) is 32.9 Å². The van der Waals surface area contributed by atoms with Gasteiger partial charge in [-0.05, 0) is 45.4 Å². The molecule has 6 heteroatoms. The minimum absolute atomic E-state index is 0.0668. The summed E-state index contributed by atoms with van der Waals surface area (Å²) in [5, 5.41) is 20.2. The number of hydrogen-bond acceptors (Lipinski definition) is 3. The number of aromatic carboxylic acids is 1. The first-order valence-corrected chi connectivity index (χ1v) is 6.42. The van der Waals surface area contributed by atoms with Crippen molar-refractivity contribution in [2.24, 2.45) is 0 Å². The molecule has 0 fully saturated rings. The number of carboxylic acids is 1. The maximum Gasteiger partial charge on any atom is 0.337 e. The van der Waals surface area contributed by atoms with Crippen LogP contribution in [-0.2, 0) is 0 Å². The third-order valence-corrected chi connectivity index (χ3v) is 3.61. The van der Waals surface area contributed by atoms with E-state index in [0.29, 0.717) is 11.3 Å². The summed E-state index contributed by atoms with van der Waals surface area (Å²) in [5.41, 5.74) is 3.73. The molecule has 1 heterocycles. The van der Waals surface area contributed by atoms with Gasteiger partial charge in [0.15, 0.2) is 0 Å². The molecule has 0 bridgehead atoms. The van der Waals surface area contributed by atoms with Crippen molar-refractivity contribution < 1.29 is 14.8 Å². The highest BCUT2D eigenvalue weighted by Gasteiger charge is 2.19. The van der Waals surface area contributed by atoms with E-state index < -0.39 is 10.9 Å². The van der Waals surface area contributed by atoms with Crippen molar-refractivity contribution >= 4 is 11.7 Å². The summed E-state index contributed by atoms with van der Waals surface area (Å²) in [5.74, 6) is -0.981. The smallest absolute Gasteiger partial charge is 0.337 e. The fourth-order valence-electron chi connectivity index (χ4n) is 2.57. The summed E-state index contributed by atoms with van der Waals surface area (Å²) in [6.07, 6.45) is 0. The maximum absolute atomic E-state index is 11.2. The standard InChI is InChI=1S/C15H16N2O4/c1-8-6-14(17(20)21)9(2)5-13(8)16-10(3)7-12(11(16)4)15(18)19/h5-7H,1-4H3,(H,18,19). The number of aryl methyl sites for hydroxylation is 3. The van der Waals surface area contributed by atoms with Crippen molar-refractivity contribution in [2.75, 3.05) is 0 Å². The van der Waals surface area contributed by atoms with E-state index >= 15 is 0 Å². The van der Waals surface area contributed by atoms with E-state index in [-0.39, 0.29) is 11.3 Å². The highest BCUT2D eigenvalue weighted by molar-refractivity contribution is 5.89. The molecule has 0 unspecified atom stereocenters. The van der Waals surface area contributed by atoms with Crippen LogP contribution in [0.5, 0.6) is 0 Å². The second kappa shape index (κ2) is 5.05. The molecule has 110 valence electrons. The summed E-state index contributed by atoms with van der Waals surface area (Å²) in [4.78, 5) is 21.8. The average Bonchev–Trinajstić information content (AvgIpc) is 2.67. The van der Waals surface area contributed by atoms with Gasteiger partial charge in [-0.1, -0.05) is 0 Å². The normalized spacial score (nSPS) is 10.7. The van der Waals surface area contributed by atoms with Gasteiger partial charge in [-0.15, -0.1) is 0 Å². The third-order valence-electron chi connectivity index (χ3n) is 3.61. The fraction of sp³-hybridized carbons (Fsp3) is 0.267. The van der Waals surface area contributed by atoms with Crippen LogP contribution in [0.15, 0.2) is 18.2 Å². The number of aromatic nitrogens is 1. The molecule has 0 aliphatic rings. The van der Waals surface area contributed by atoms with Gasteiger partial charge < -0.3 is 9.67 Å². The van der Waals surface area contributed by atoms with Crippen molar-refractivity contribution in [1.82, 2.24) is 4.57 Å². The van der Waals surface area contributed by atoms with Crippen LogP contribution in [0.2, 0.25) is 0 Å². The Balaban J connectivity index is 2.71. The minimum atomic E-state index is -0.981. The number of nitro benzene ring substituents is 1. The maximum atomic E-state index is 11.2. The molecular formula is C15H16N2O4. The summed E-state index contributed by atoms with van der Waals surface area (Å²) in [6.45, 7) is 7.00. The first kappa shape index (κ1) is 14.8. The van der Waals surface area contributed by atoms with Gasteiger partial charge in [0.25, 0.3) is 5.69 Å². The molecule has 0 aliphatic heterocycles. The lowest BCUT2D eigenvalue weighted by molar-refractivity contribution is -0.385. The van der Waals surface area contributed by atoms with Crippen molar-refractivity contribution in [1.29, 1.82) is 0 Å². The van der Waals surface area contributed by atoms with Crippen molar-refractivity contribution in [3.05, 3.63) is 56.4 Å². The monoisotopic (exact) mass is 288 g/mol. The molecule has 2 rings (SSSR count). The number of carbonyl (C=O) groups is 1. The Hall–Kier alpha value is -2.63. The first-order chi connectivity index (χ1) is 9.73. The summed E-state index contributed by atoms with van der Waals surface area (Å²) < 4.78 is 1.81. The van der Waals surface area contributed by atoms with Gasteiger partial charge in [0.1, 0.15) is 0 Å². The number of nitro groups is 1. The van der Waals surface area contributed by atoms with E-state index in [1.807, 2.05) is 11.5 Å². The lowest BCUT2D eigenvalue weighted by Crippen LogP contribution is -2.05. The van der Waals surface area contributed by atoms with Gasteiger partial charge in [0.2, 0.25) is 0 Å².